The second-order valence-electron chi connectivity index (χ2n) is 6.36. The van der Waals surface area contributed by atoms with E-state index < -0.39 is 17.5 Å². The monoisotopic (exact) mass is 569 g/mol. The highest BCUT2D eigenvalue weighted by Gasteiger charge is 2.41. The maximum absolute atomic E-state index is 14.8. The van der Waals surface area contributed by atoms with Gasteiger partial charge in [-0.15, -0.1) is 0 Å². The van der Waals surface area contributed by atoms with E-state index in [2.05, 4.69) is 33.2 Å². The Balaban J connectivity index is 2.13. The van der Waals surface area contributed by atoms with Crippen LogP contribution >= 0.6 is 45.7 Å². The molecule has 3 heterocycles. The van der Waals surface area contributed by atoms with Crippen LogP contribution in [0.2, 0.25) is 0 Å². The second-order valence-corrected chi connectivity index (χ2v) is 8.69. The van der Waals surface area contributed by atoms with Crippen molar-refractivity contribution in [1.29, 1.82) is 0 Å². The molecule has 25 heavy (non-hydrogen) atoms. The van der Waals surface area contributed by atoms with E-state index in [0.29, 0.717) is 35.4 Å². The van der Waals surface area contributed by atoms with Crippen LogP contribution in [0, 0.1) is 12.7 Å². The Kier molecular flexibility index (Phi) is 4.18. The Bertz CT molecular complexity index is 979. The first-order chi connectivity index (χ1) is 11.8. The van der Waals surface area contributed by atoms with Crippen molar-refractivity contribution in [2.45, 2.75) is 25.9 Å². The van der Waals surface area contributed by atoms with Crippen LogP contribution in [0.4, 0.5) is 15.9 Å². The third-order valence-corrected chi connectivity index (χ3v) is 6.39. The van der Waals surface area contributed by atoms with Crippen molar-refractivity contribution < 1.29 is 9.18 Å². The minimum absolute atomic E-state index is 0.0446. The summed E-state index contributed by atoms with van der Waals surface area (Å²) in [5.41, 5.74) is 0.592. The number of nitrogens with one attached hydrogen (secondary N) is 1. The zero-order valence-electron chi connectivity index (χ0n) is 13.4. The number of anilines is 2. The number of carbonyl (C=O) groups excluding carboxylic acids is 1. The molecule has 7 nitrogen and oxygen atoms in total. The number of halogens is 3. The number of hydrogen-bond acceptors (Lipinski definition) is 5. The van der Waals surface area contributed by atoms with Crippen LogP contribution in [-0.2, 0) is 4.79 Å². The minimum Gasteiger partial charge on any atom is -0.338 e. The van der Waals surface area contributed by atoms with E-state index in [1.165, 1.54) is 2.78 Å². The molecule has 0 saturated carbocycles. The van der Waals surface area contributed by atoms with Gasteiger partial charge >= 0.3 is 5.69 Å². The topological polar surface area (TPSA) is 70.5 Å². The van der Waals surface area contributed by atoms with Gasteiger partial charge in [-0.05, 0) is 25.5 Å². The number of hydrogen-bond donors (Lipinski definition) is 1. The fourth-order valence-corrected chi connectivity index (χ4v) is 4.99. The van der Waals surface area contributed by atoms with Gasteiger partial charge in [0.15, 0.2) is 5.82 Å². The average molecular weight is 569 g/mol. The number of nitrogens with zero attached hydrogens (tertiary/aromatic N) is 4. The molecule has 0 radical (unpaired) electrons. The summed E-state index contributed by atoms with van der Waals surface area (Å²) in [5.74, 6) is -0.399. The lowest BCUT2D eigenvalue weighted by Gasteiger charge is -2.42. The highest BCUT2D eigenvalue weighted by atomic mass is 127. The van der Waals surface area contributed by atoms with E-state index in [0.717, 1.165) is 0 Å². The van der Waals surface area contributed by atoms with Crippen molar-refractivity contribution in [3.63, 3.8) is 0 Å². The van der Waals surface area contributed by atoms with Gasteiger partial charge in [-0.3, -0.25) is 4.79 Å². The molecule has 4 rings (SSSR count). The van der Waals surface area contributed by atoms with Crippen LogP contribution in [0.25, 0.3) is 10.9 Å². The van der Waals surface area contributed by atoms with Gasteiger partial charge in [0.25, 0.3) is 0 Å². The van der Waals surface area contributed by atoms with Gasteiger partial charge in [0.2, 0.25) is 5.91 Å². The largest absolute Gasteiger partial charge is 0.359 e. The fraction of sp³-hybridized carbons (Fsp3) is 0.400. The van der Waals surface area contributed by atoms with Gasteiger partial charge in [-0.25, -0.2) is 15.1 Å². The van der Waals surface area contributed by atoms with Gasteiger partial charge in [0.05, 0.1) is 39.5 Å². The van der Waals surface area contributed by atoms with Crippen LogP contribution in [0.5, 0.6) is 0 Å². The Morgan fingerprint density at radius 2 is 2.04 bits per heavy atom. The lowest BCUT2D eigenvalue weighted by molar-refractivity contribution is -0.118. The fourth-order valence-electron chi connectivity index (χ4n) is 3.56. The highest BCUT2D eigenvalue weighted by Crippen LogP contribution is 2.40. The maximum Gasteiger partial charge on any atom is 0.359 e. The smallest absolute Gasteiger partial charge is 0.338 e. The van der Waals surface area contributed by atoms with E-state index >= 15 is 0 Å². The van der Waals surface area contributed by atoms with Crippen LogP contribution in [0.1, 0.15) is 12.5 Å². The van der Waals surface area contributed by atoms with E-state index in [1.54, 1.807) is 13.0 Å². The molecule has 0 spiro atoms. The molecule has 2 aliphatic heterocycles. The zero-order valence-corrected chi connectivity index (χ0v) is 17.7. The summed E-state index contributed by atoms with van der Waals surface area (Å²) in [6.45, 7) is 4.78. The molecule has 1 amide bonds. The van der Waals surface area contributed by atoms with Crippen molar-refractivity contribution in [2.24, 2.45) is 0 Å². The molecule has 132 valence electrons. The molecule has 0 bridgehead atoms. The van der Waals surface area contributed by atoms with Crippen molar-refractivity contribution in [3.05, 3.63) is 27.9 Å². The first-order valence-electron chi connectivity index (χ1n) is 7.71. The summed E-state index contributed by atoms with van der Waals surface area (Å²) >= 11 is 4.04. The van der Waals surface area contributed by atoms with E-state index in [1.807, 2.05) is 37.8 Å². The molecule has 1 saturated heterocycles. The first kappa shape index (κ1) is 17.4. The third-order valence-electron chi connectivity index (χ3n) is 4.67. The molecule has 2 aliphatic rings. The van der Waals surface area contributed by atoms with Crippen molar-refractivity contribution in [3.8, 4) is 0 Å². The SMILES string of the molecule is Cc1cc2c3c(nc(=O)n2I)N2C(C)CN(I)CC2C(=O)Nc3c1F. The van der Waals surface area contributed by atoms with Gasteiger partial charge in [-0.2, -0.15) is 4.98 Å². The van der Waals surface area contributed by atoms with E-state index in [9.17, 15) is 14.0 Å². The quantitative estimate of drug-likeness (QED) is 0.390. The molecule has 1 fully saturated rings. The lowest BCUT2D eigenvalue weighted by atomic mass is 10.1. The Morgan fingerprint density at radius 3 is 2.76 bits per heavy atom. The highest BCUT2D eigenvalue weighted by molar-refractivity contribution is 14.1. The van der Waals surface area contributed by atoms with Gasteiger partial charge < -0.3 is 10.2 Å². The summed E-state index contributed by atoms with van der Waals surface area (Å²) in [6.07, 6.45) is 0. The molecule has 1 N–H and O–H groups in total. The van der Waals surface area contributed by atoms with E-state index in [-0.39, 0.29) is 17.6 Å². The van der Waals surface area contributed by atoms with Gasteiger partial charge in [-0.1, -0.05) is 0 Å². The Hall–Kier alpha value is -1.02. The van der Waals surface area contributed by atoms with Crippen molar-refractivity contribution in [2.75, 3.05) is 23.3 Å². The molecule has 1 aromatic carbocycles. The molecule has 2 aromatic rings. The zero-order chi connectivity index (χ0) is 18.0. The first-order valence-corrected chi connectivity index (χ1v) is 9.64. The summed E-state index contributed by atoms with van der Waals surface area (Å²) in [5, 5.41) is 3.21. The summed E-state index contributed by atoms with van der Waals surface area (Å²) < 4.78 is 18.2. The summed E-state index contributed by atoms with van der Waals surface area (Å²) in [4.78, 5) is 31.3. The predicted molar refractivity (Wildman–Crippen MR) is 110 cm³/mol. The van der Waals surface area contributed by atoms with E-state index in [4.69, 9.17) is 0 Å². The molecule has 2 unspecified atom stereocenters. The maximum atomic E-state index is 14.8. The number of aryl methyl sites for hydroxylation is 1. The second kappa shape index (κ2) is 6.01. The van der Waals surface area contributed by atoms with Crippen LogP contribution in [-0.4, -0.2) is 42.0 Å². The number of carbonyl (C=O) groups is 1. The van der Waals surface area contributed by atoms with Gasteiger partial charge in [0.1, 0.15) is 11.9 Å². The predicted octanol–water partition coefficient (Wildman–Crippen LogP) is 2.22. The summed E-state index contributed by atoms with van der Waals surface area (Å²) in [6, 6.07) is 1.05. The number of aromatic nitrogens is 2. The average Bonchev–Trinajstić information content (AvgIpc) is 2.66. The summed E-state index contributed by atoms with van der Waals surface area (Å²) in [7, 11) is 0. The van der Waals surface area contributed by atoms with Crippen LogP contribution < -0.4 is 15.9 Å². The number of amides is 1. The van der Waals surface area contributed by atoms with Crippen LogP contribution in [0.15, 0.2) is 10.9 Å². The lowest BCUT2D eigenvalue weighted by Crippen LogP contribution is -2.59. The third kappa shape index (κ3) is 2.55. The van der Waals surface area contributed by atoms with Gasteiger partial charge in [0, 0.05) is 42.0 Å². The molecular weight excluding hydrogens is 555 g/mol. The number of benzene rings is 1. The normalized spacial score (nSPS) is 23.4. The van der Waals surface area contributed by atoms with Crippen molar-refractivity contribution in [1.82, 2.24) is 10.9 Å². The molecule has 10 heteroatoms. The number of piperazine rings is 1. The molecule has 1 aromatic heterocycles. The Labute approximate surface area is 170 Å². The Morgan fingerprint density at radius 1 is 1.32 bits per heavy atom. The number of fused-ring (bicyclic) bond motifs is 2. The molecular formula is C15H14FI2N5O2. The van der Waals surface area contributed by atoms with Crippen molar-refractivity contribution >= 4 is 74.0 Å². The minimum atomic E-state index is -0.534. The molecule has 0 aliphatic carbocycles. The number of rotatable bonds is 0. The van der Waals surface area contributed by atoms with Crippen LogP contribution in [0.3, 0.4) is 0 Å². The standard InChI is InChI=1S/C15H14FI2N5O2/c1-6-3-8-10-12(11(6)16)19-14(24)9-5-21(17)4-7(2)22(9)13(10)20-15(25)23(8)18/h3,7,9H,4-5H2,1-2H3,(H,19,24). The molecule has 2 atom stereocenters.